The van der Waals surface area contributed by atoms with Crippen molar-refractivity contribution in [2.75, 3.05) is 11.4 Å². The highest BCUT2D eigenvalue weighted by atomic mass is 15.2. The number of aromatic nitrogens is 2. The Labute approximate surface area is 59.4 Å². The fourth-order valence-corrected chi connectivity index (χ4v) is 1.05. The summed E-state index contributed by atoms with van der Waals surface area (Å²) in [6.07, 6.45) is 9.80. The van der Waals surface area contributed by atoms with Gasteiger partial charge in [-0.05, 0) is 6.42 Å². The Morgan fingerprint density at radius 2 is 2.70 bits per heavy atom. The van der Waals surface area contributed by atoms with Gasteiger partial charge in [0.05, 0.1) is 0 Å². The fraction of sp³-hybridized carbons (Fsp3) is 0.286. The van der Waals surface area contributed by atoms with Crippen molar-refractivity contribution in [3.63, 3.8) is 0 Å². The maximum atomic E-state index is 3.99. The van der Waals surface area contributed by atoms with Gasteiger partial charge in [-0.25, -0.2) is 4.98 Å². The third kappa shape index (κ3) is 0.795. The lowest BCUT2D eigenvalue weighted by molar-refractivity contribution is 0.979. The predicted octanol–water partition coefficient (Wildman–Crippen LogP) is 0.934. The first-order valence-corrected chi connectivity index (χ1v) is 3.31. The van der Waals surface area contributed by atoms with E-state index in [9.17, 15) is 0 Å². The number of rotatable bonds is 1. The number of anilines is 1. The van der Waals surface area contributed by atoms with Crippen LogP contribution in [0.15, 0.2) is 18.5 Å². The minimum absolute atomic E-state index is 0.953. The van der Waals surface area contributed by atoms with E-state index in [1.807, 2.05) is 12.4 Å². The summed E-state index contributed by atoms with van der Waals surface area (Å²) >= 11 is 0. The molecule has 0 amide bonds. The third-order valence-electron chi connectivity index (χ3n) is 1.55. The second-order valence-electron chi connectivity index (χ2n) is 2.24. The highest BCUT2D eigenvalue weighted by Gasteiger charge is 2.07. The maximum absolute atomic E-state index is 3.99. The van der Waals surface area contributed by atoms with Gasteiger partial charge in [0.1, 0.15) is 0 Å². The number of hydrogen-bond donors (Lipinski definition) is 1. The van der Waals surface area contributed by atoms with Crippen molar-refractivity contribution in [3.8, 4) is 0 Å². The molecule has 0 saturated heterocycles. The first kappa shape index (κ1) is 5.53. The van der Waals surface area contributed by atoms with Crippen LogP contribution in [0.4, 0.5) is 5.82 Å². The Hall–Kier alpha value is -1.25. The molecule has 0 fully saturated rings. The van der Waals surface area contributed by atoms with Crippen molar-refractivity contribution in [2.24, 2.45) is 0 Å². The molecule has 0 aromatic carbocycles. The van der Waals surface area contributed by atoms with Crippen molar-refractivity contribution >= 4 is 5.82 Å². The van der Waals surface area contributed by atoms with Gasteiger partial charge < -0.3 is 9.88 Å². The van der Waals surface area contributed by atoms with Crippen LogP contribution in [-0.4, -0.2) is 16.5 Å². The molecule has 0 unspecified atom stereocenters. The van der Waals surface area contributed by atoms with Crippen LogP contribution in [0, 0.1) is 6.33 Å². The molecular formula is C7H8N3. The molecule has 0 saturated carbocycles. The number of nitrogens with one attached hydrogen (secondary N) is 1. The van der Waals surface area contributed by atoms with Crippen molar-refractivity contribution in [2.45, 2.75) is 6.42 Å². The molecule has 0 spiro atoms. The Morgan fingerprint density at radius 3 is 3.30 bits per heavy atom. The highest BCUT2D eigenvalue weighted by molar-refractivity contribution is 5.41. The van der Waals surface area contributed by atoms with E-state index in [0.717, 1.165) is 18.8 Å². The predicted molar refractivity (Wildman–Crippen MR) is 38.5 cm³/mol. The van der Waals surface area contributed by atoms with E-state index in [2.05, 4.69) is 27.3 Å². The van der Waals surface area contributed by atoms with E-state index < -0.39 is 0 Å². The Balaban J connectivity index is 2.20. The second kappa shape index (κ2) is 2.17. The molecule has 1 aliphatic rings. The van der Waals surface area contributed by atoms with Gasteiger partial charge in [0.25, 0.3) is 0 Å². The third-order valence-corrected chi connectivity index (χ3v) is 1.55. The summed E-state index contributed by atoms with van der Waals surface area (Å²) in [5.41, 5.74) is 0. The molecule has 1 radical (unpaired) electrons. The molecule has 2 rings (SSSR count). The van der Waals surface area contributed by atoms with Crippen LogP contribution in [0.25, 0.3) is 0 Å². The lowest BCUT2D eigenvalue weighted by Gasteiger charge is -2.09. The molecule has 1 aromatic heterocycles. The van der Waals surface area contributed by atoms with Crippen LogP contribution < -0.4 is 4.90 Å². The van der Waals surface area contributed by atoms with Gasteiger partial charge in [-0.1, -0.05) is 6.08 Å². The molecule has 0 aliphatic carbocycles. The zero-order valence-corrected chi connectivity index (χ0v) is 5.54. The van der Waals surface area contributed by atoms with E-state index in [1.165, 1.54) is 0 Å². The highest BCUT2D eigenvalue weighted by Crippen LogP contribution is 2.13. The van der Waals surface area contributed by atoms with Crippen LogP contribution in [0.1, 0.15) is 6.42 Å². The van der Waals surface area contributed by atoms with Gasteiger partial charge in [0.15, 0.2) is 12.1 Å². The van der Waals surface area contributed by atoms with E-state index in [0.29, 0.717) is 0 Å². The van der Waals surface area contributed by atoms with Gasteiger partial charge in [0, 0.05) is 18.9 Å². The van der Waals surface area contributed by atoms with Crippen LogP contribution in [-0.2, 0) is 0 Å². The van der Waals surface area contributed by atoms with Crippen LogP contribution in [0.2, 0.25) is 0 Å². The average molecular weight is 134 g/mol. The van der Waals surface area contributed by atoms with Gasteiger partial charge in [-0.15, -0.1) is 0 Å². The van der Waals surface area contributed by atoms with Crippen LogP contribution >= 0.6 is 0 Å². The van der Waals surface area contributed by atoms with E-state index in [1.54, 1.807) is 0 Å². The summed E-state index contributed by atoms with van der Waals surface area (Å²) in [4.78, 5) is 8.88. The topological polar surface area (TPSA) is 31.9 Å². The summed E-state index contributed by atoms with van der Waals surface area (Å²) in [5.74, 6) is 0.953. The molecule has 0 atom stereocenters. The molecule has 3 nitrogen and oxygen atoms in total. The Morgan fingerprint density at radius 1 is 1.70 bits per heavy atom. The minimum atomic E-state index is 0.953. The first-order valence-electron chi connectivity index (χ1n) is 3.31. The smallest absolute Gasteiger partial charge is 0.175 e. The molecule has 1 aromatic rings. The van der Waals surface area contributed by atoms with E-state index in [-0.39, 0.29) is 0 Å². The van der Waals surface area contributed by atoms with Crippen molar-refractivity contribution in [3.05, 3.63) is 24.8 Å². The number of nitrogens with zero attached hydrogens (tertiary/aromatic N) is 2. The Bertz CT molecular complexity index is 225. The summed E-state index contributed by atoms with van der Waals surface area (Å²) in [6.45, 7) is 1.04. The molecule has 3 heteroatoms. The quantitative estimate of drug-likeness (QED) is 0.619. The largest absolute Gasteiger partial charge is 0.340 e. The number of H-pyrrole nitrogens is 1. The zero-order valence-electron chi connectivity index (χ0n) is 5.54. The van der Waals surface area contributed by atoms with Gasteiger partial charge >= 0.3 is 0 Å². The normalized spacial score (nSPS) is 16.6. The lowest BCUT2D eigenvalue weighted by atomic mass is 10.5. The first-order chi connectivity index (χ1) is 4.97. The lowest BCUT2D eigenvalue weighted by Crippen LogP contribution is -2.11. The zero-order chi connectivity index (χ0) is 6.81. The van der Waals surface area contributed by atoms with Gasteiger partial charge in [-0.2, -0.15) is 0 Å². The average Bonchev–Trinajstić information content (AvgIpc) is 2.59. The van der Waals surface area contributed by atoms with Gasteiger partial charge in [-0.3, -0.25) is 0 Å². The summed E-state index contributed by atoms with van der Waals surface area (Å²) < 4.78 is 0. The molecule has 10 heavy (non-hydrogen) atoms. The van der Waals surface area contributed by atoms with Gasteiger partial charge in [0.2, 0.25) is 0 Å². The summed E-state index contributed by atoms with van der Waals surface area (Å²) in [6, 6.07) is 0. The standard InChI is InChI=1S/C7H8N3/c1-2-4-10(3-1)7-5-8-6-9-7/h1,3,5H,2,4H2,(H,8,9). The summed E-state index contributed by atoms with van der Waals surface area (Å²) in [5, 5.41) is 0. The maximum Gasteiger partial charge on any atom is 0.175 e. The van der Waals surface area contributed by atoms with Crippen molar-refractivity contribution in [1.82, 2.24) is 9.97 Å². The van der Waals surface area contributed by atoms with Crippen LogP contribution in [0.3, 0.4) is 0 Å². The SMILES string of the molecule is [c]1nc(N2C=CCC2)c[nH]1. The van der Waals surface area contributed by atoms with Crippen molar-refractivity contribution < 1.29 is 0 Å². The molecule has 1 N–H and O–H groups in total. The number of imidazole rings is 1. The molecule has 2 heterocycles. The van der Waals surface area contributed by atoms with E-state index >= 15 is 0 Å². The minimum Gasteiger partial charge on any atom is -0.340 e. The Kier molecular flexibility index (Phi) is 1.20. The van der Waals surface area contributed by atoms with E-state index in [4.69, 9.17) is 0 Å². The second-order valence-corrected chi connectivity index (χ2v) is 2.24. The van der Waals surface area contributed by atoms with Crippen LogP contribution in [0.5, 0.6) is 0 Å². The molecule has 1 aliphatic heterocycles. The monoisotopic (exact) mass is 134 g/mol. The summed E-state index contributed by atoms with van der Waals surface area (Å²) in [7, 11) is 0. The molecule has 51 valence electrons. The molecule has 0 bridgehead atoms. The number of hydrogen-bond acceptors (Lipinski definition) is 2. The number of aromatic amines is 1. The molecular weight excluding hydrogens is 126 g/mol. The fourth-order valence-electron chi connectivity index (χ4n) is 1.05. The van der Waals surface area contributed by atoms with Crippen molar-refractivity contribution in [1.29, 1.82) is 0 Å².